The first-order chi connectivity index (χ1) is 8.86. The van der Waals surface area contributed by atoms with Crippen molar-refractivity contribution in [3.05, 3.63) is 46.3 Å². The van der Waals surface area contributed by atoms with Crippen molar-refractivity contribution in [2.45, 2.75) is 32.2 Å². The van der Waals surface area contributed by atoms with E-state index >= 15 is 0 Å². The molecule has 1 nitrogen and oxygen atoms in total. The lowest BCUT2D eigenvalue weighted by Gasteiger charge is -2.16. The van der Waals surface area contributed by atoms with Crippen molar-refractivity contribution >= 4 is 11.3 Å². The van der Waals surface area contributed by atoms with Gasteiger partial charge in [0.25, 0.3) is 0 Å². The van der Waals surface area contributed by atoms with Crippen LogP contribution in [0.5, 0.6) is 0 Å². The maximum absolute atomic E-state index is 3.21. The number of nitrogens with one attached hydrogen (secondary N) is 1. The highest BCUT2D eigenvalue weighted by atomic mass is 32.1. The van der Waals surface area contributed by atoms with E-state index in [0.29, 0.717) is 0 Å². The zero-order valence-corrected chi connectivity index (χ0v) is 11.6. The summed E-state index contributed by atoms with van der Waals surface area (Å²) in [5.41, 5.74) is 5.91. The van der Waals surface area contributed by atoms with Gasteiger partial charge in [0.1, 0.15) is 0 Å². The van der Waals surface area contributed by atoms with E-state index in [1.54, 1.807) is 11.1 Å². The van der Waals surface area contributed by atoms with Crippen LogP contribution in [0.1, 0.15) is 29.5 Å². The molecule has 3 rings (SSSR count). The number of aryl methyl sites for hydroxylation is 2. The first-order valence-corrected chi connectivity index (χ1v) is 7.59. The van der Waals surface area contributed by atoms with Gasteiger partial charge in [-0.05, 0) is 66.4 Å². The van der Waals surface area contributed by atoms with Gasteiger partial charge < -0.3 is 5.32 Å². The molecular weight excluding hydrogens is 238 g/mol. The number of fused-ring (bicyclic) bond motifs is 1. The van der Waals surface area contributed by atoms with Gasteiger partial charge in [-0.25, -0.2) is 0 Å². The molecule has 0 fully saturated rings. The van der Waals surface area contributed by atoms with Crippen LogP contribution in [0.3, 0.4) is 0 Å². The quantitative estimate of drug-likeness (QED) is 0.876. The second-order valence-electron chi connectivity index (χ2n) is 5.04. The molecule has 0 radical (unpaired) electrons. The van der Waals surface area contributed by atoms with Crippen LogP contribution in [0.4, 0.5) is 0 Å². The van der Waals surface area contributed by atoms with Gasteiger partial charge in [0.05, 0.1) is 0 Å². The predicted molar refractivity (Wildman–Crippen MR) is 79.2 cm³/mol. The summed E-state index contributed by atoms with van der Waals surface area (Å²) in [6, 6.07) is 9.34. The van der Waals surface area contributed by atoms with Crippen LogP contribution in [0, 0.1) is 0 Å². The van der Waals surface area contributed by atoms with E-state index in [0.717, 1.165) is 6.54 Å². The van der Waals surface area contributed by atoms with Crippen molar-refractivity contribution in [3.8, 4) is 10.4 Å². The molecule has 18 heavy (non-hydrogen) atoms. The summed E-state index contributed by atoms with van der Waals surface area (Å²) in [6.45, 7) is 0.960. The van der Waals surface area contributed by atoms with Crippen LogP contribution >= 0.6 is 11.3 Å². The average molecular weight is 257 g/mol. The van der Waals surface area contributed by atoms with Crippen LogP contribution in [-0.4, -0.2) is 7.05 Å². The predicted octanol–water partition coefficient (Wildman–Crippen LogP) is 4.01. The average Bonchev–Trinajstić information content (AvgIpc) is 2.87. The van der Waals surface area contributed by atoms with Gasteiger partial charge in [0.15, 0.2) is 0 Å². The molecule has 0 unspecified atom stereocenters. The van der Waals surface area contributed by atoms with Crippen molar-refractivity contribution in [2.75, 3.05) is 7.05 Å². The Hall–Kier alpha value is -1.12. The molecule has 0 amide bonds. The Morgan fingerprint density at radius 1 is 1.11 bits per heavy atom. The van der Waals surface area contributed by atoms with Crippen molar-refractivity contribution in [3.63, 3.8) is 0 Å². The summed E-state index contributed by atoms with van der Waals surface area (Å²) >= 11 is 1.85. The van der Waals surface area contributed by atoms with Crippen molar-refractivity contribution in [1.29, 1.82) is 0 Å². The minimum Gasteiger partial charge on any atom is -0.316 e. The van der Waals surface area contributed by atoms with Crippen molar-refractivity contribution < 1.29 is 0 Å². The summed E-state index contributed by atoms with van der Waals surface area (Å²) in [6.07, 6.45) is 5.24. The Morgan fingerprint density at radius 2 is 1.94 bits per heavy atom. The summed E-state index contributed by atoms with van der Waals surface area (Å²) in [4.78, 5) is 1.40. The molecule has 0 spiro atoms. The largest absolute Gasteiger partial charge is 0.316 e. The number of rotatable bonds is 3. The summed E-state index contributed by atoms with van der Waals surface area (Å²) in [7, 11) is 2.00. The van der Waals surface area contributed by atoms with E-state index in [-0.39, 0.29) is 0 Å². The Balaban J connectivity index is 1.91. The summed E-state index contributed by atoms with van der Waals surface area (Å²) in [5.74, 6) is 0. The maximum Gasteiger partial charge on any atom is 0.0346 e. The van der Waals surface area contributed by atoms with E-state index in [2.05, 4.69) is 35.0 Å². The highest BCUT2D eigenvalue weighted by molar-refractivity contribution is 7.13. The highest BCUT2D eigenvalue weighted by Gasteiger charge is 2.11. The first kappa shape index (κ1) is 11.9. The molecule has 0 aliphatic heterocycles. The second-order valence-corrected chi connectivity index (χ2v) is 5.95. The Bertz CT molecular complexity index is 542. The molecule has 1 heterocycles. The smallest absolute Gasteiger partial charge is 0.0346 e. The minimum atomic E-state index is 0.960. The summed E-state index contributed by atoms with van der Waals surface area (Å²) in [5, 5.41) is 5.46. The Labute approximate surface area is 113 Å². The number of hydrogen-bond acceptors (Lipinski definition) is 2. The van der Waals surface area contributed by atoms with Gasteiger partial charge >= 0.3 is 0 Å². The standard InChI is InChI=1S/C16H19NS/c1-17-10-12-8-16(18-11-12)15-7-6-13-4-2-3-5-14(13)9-15/h6-9,11,17H,2-5,10H2,1H3. The van der Waals surface area contributed by atoms with Gasteiger partial charge in [-0.3, -0.25) is 0 Å². The molecule has 94 valence electrons. The van der Waals surface area contributed by atoms with Crippen LogP contribution in [0.15, 0.2) is 29.6 Å². The van der Waals surface area contributed by atoms with E-state index in [1.807, 2.05) is 18.4 Å². The molecule has 2 aromatic rings. The Kier molecular flexibility index (Phi) is 3.48. The first-order valence-electron chi connectivity index (χ1n) is 6.71. The van der Waals surface area contributed by atoms with Gasteiger partial charge in [0.2, 0.25) is 0 Å². The third kappa shape index (κ3) is 2.36. The SMILES string of the molecule is CNCc1csc(-c2ccc3c(c2)CCCC3)c1. The van der Waals surface area contributed by atoms with Crippen molar-refractivity contribution in [1.82, 2.24) is 5.32 Å². The van der Waals surface area contributed by atoms with Crippen LogP contribution in [0.2, 0.25) is 0 Å². The van der Waals surface area contributed by atoms with Gasteiger partial charge in [0, 0.05) is 11.4 Å². The lowest BCUT2D eigenvalue weighted by molar-refractivity contribution is 0.686. The fourth-order valence-corrected chi connectivity index (χ4v) is 3.62. The fourth-order valence-electron chi connectivity index (χ4n) is 2.71. The third-order valence-corrected chi connectivity index (χ3v) is 4.70. The fraction of sp³-hybridized carbons (Fsp3) is 0.375. The Morgan fingerprint density at radius 3 is 2.78 bits per heavy atom. The van der Waals surface area contributed by atoms with Gasteiger partial charge in [-0.15, -0.1) is 11.3 Å². The molecule has 1 aromatic heterocycles. The van der Waals surface area contributed by atoms with Gasteiger partial charge in [-0.1, -0.05) is 18.2 Å². The topological polar surface area (TPSA) is 12.0 Å². The number of hydrogen-bond donors (Lipinski definition) is 1. The maximum atomic E-state index is 3.21. The molecule has 2 heteroatoms. The summed E-state index contributed by atoms with van der Waals surface area (Å²) < 4.78 is 0. The van der Waals surface area contributed by atoms with Crippen LogP contribution in [-0.2, 0) is 19.4 Å². The molecule has 0 atom stereocenters. The second kappa shape index (κ2) is 5.25. The van der Waals surface area contributed by atoms with Crippen LogP contribution < -0.4 is 5.32 Å². The molecular formula is C16H19NS. The minimum absolute atomic E-state index is 0.960. The lowest BCUT2D eigenvalue weighted by atomic mass is 9.90. The molecule has 1 aliphatic rings. The number of thiophene rings is 1. The molecule has 1 aromatic carbocycles. The van der Waals surface area contributed by atoms with E-state index in [1.165, 1.54) is 41.7 Å². The third-order valence-electron chi connectivity index (χ3n) is 3.67. The van der Waals surface area contributed by atoms with E-state index < -0.39 is 0 Å². The molecule has 0 saturated heterocycles. The zero-order chi connectivity index (χ0) is 12.4. The zero-order valence-electron chi connectivity index (χ0n) is 10.8. The molecule has 0 saturated carbocycles. The van der Waals surface area contributed by atoms with E-state index in [4.69, 9.17) is 0 Å². The molecule has 1 N–H and O–H groups in total. The monoisotopic (exact) mass is 257 g/mol. The molecule has 0 bridgehead atoms. The molecule has 1 aliphatic carbocycles. The normalized spacial score (nSPS) is 14.5. The lowest BCUT2D eigenvalue weighted by Crippen LogP contribution is -2.03. The van der Waals surface area contributed by atoms with Gasteiger partial charge in [-0.2, -0.15) is 0 Å². The van der Waals surface area contributed by atoms with Crippen LogP contribution in [0.25, 0.3) is 10.4 Å². The number of benzene rings is 1. The van der Waals surface area contributed by atoms with Crippen molar-refractivity contribution in [2.24, 2.45) is 0 Å². The highest BCUT2D eigenvalue weighted by Crippen LogP contribution is 2.31. The van der Waals surface area contributed by atoms with E-state index in [9.17, 15) is 0 Å².